The number of piperidine rings is 1. The average Bonchev–Trinajstić information content (AvgIpc) is 3.51. The van der Waals surface area contributed by atoms with Gasteiger partial charge in [0.1, 0.15) is 11.4 Å². The highest BCUT2D eigenvalue weighted by Gasteiger charge is 2.40. The van der Waals surface area contributed by atoms with Crippen molar-refractivity contribution in [1.29, 1.82) is 0 Å². The Kier molecular flexibility index (Phi) is 5.04. The SMILES string of the molecule is O=C([C@@H]1Cc2cc(Cl)cc(-c3ccnc4[nH]ccc34)c2O1)N1CCC(O)(c2cccnc2)CC1. The summed E-state index contributed by atoms with van der Waals surface area (Å²) in [5.74, 6) is 0.633. The smallest absolute Gasteiger partial charge is 0.263 e. The number of amides is 1. The maximum absolute atomic E-state index is 13.4. The molecule has 0 saturated carbocycles. The Labute approximate surface area is 201 Å². The van der Waals surface area contributed by atoms with Crippen molar-refractivity contribution in [2.24, 2.45) is 0 Å². The van der Waals surface area contributed by atoms with E-state index in [4.69, 9.17) is 16.3 Å². The number of aliphatic hydroxyl groups is 1. The van der Waals surface area contributed by atoms with Crippen molar-refractivity contribution in [2.45, 2.75) is 31.0 Å². The largest absolute Gasteiger partial charge is 0.479 e. The number of rotatable bonds is 3. The summed E-state index contributed by atoms with van der Waals surface area (Å²) in [4.78, 5) is 26.8. The van der Waals surface area contributed by atoms with E-state index in [9.17, 15) is 9.90 Å². The molecule has 0 bridgehead atoms. The zero-order valence-corrected chi connectivity index (χ0v) is 19.1. The zero-order valence-electron chi connectivity index (χ0n) is 18.4. The van der Waals surface area contributed by atoms with Crippen molar-refractivity contribution in [3.63, 3.8) is 0 Å². The van der Waals surface area contributed by atoms with E-state index >= 15 is 0 Å². The normalized spacial score (nSPS) is 19.1. The maximum Gasteiger partial charge on any atom is 0.263 e. The molecule has 3 aromatic heterocycles. The molecular weight excluding hydrogens is 452 g/mol. The van der Waals surface area contributed by atoms with Crippen LogP contribution in [0.25, 0.3) is 22.2 Å². The van der Waals surface area contributed by atoms with E-state index in [1.54, 1.807) is 23.5 Å². The number of hydrogen-bond acceptors (Lipinski definition) is 5. The number of fused-ring (bicyclic) bond motifs is 2. The number of halogens is 1. The Balaban J connectivity index is 1.23. The highest BCUT2D eigenvalue weighted by Crippen LogP contribution is 2.43. The maximum atomic E-state index is 13.4. The third-order valence-corrected chi connectivity index (χ3v) is 7.14. The minimum atomic E-state index is -0.964. The Morgan fingerprint density at radius 3 is 2.82 bits per heavy atom. The first-order chi connectivity index (χ1) is 16.5. The average molecular weight is 475 g/mol. The molecule has 1 amide bonds. The second-order valence-electron chi connectivity index (χ2n) is 8.95. The predicted octanol–water partition coefficient (Wildman–Crippen LogP) is 4.09. The summed E-state index contributed by atoms with van der Waals surface area (Å²) in [6.07, 6.45) is 7.76. The summed E-state index contributed by atoms with van der Waals surface area (Å²) in [5.41, 5.74) is 3.34. The van der Waals surface area contributed by atoms with Crippen LogP contribution >= 0.6 is 11.6 Å². The molecule has 1 fully saturated rings. The van der Waals surface area contributed by atoms with Gasteiger partial charge in [-0.05, 0) is 48.7 Å². The number of nitrogens with one attached hydrogen (secondary N) is 1. The van der Waals surface area contributed by atoms with E-state index in [0.29, 0.717) is 43.1 Å². The summed E-state index contributed by atoms with van der Waals surface area (Å²) < 4.78 is 6.27. The minimum absolute atomic E-state index is 0.0620. The molecule has 7 nitrogen and oxygen atoms in total. The molecule has 8 heteroatoms. The monoisotopic (exact) mass is 474 g/mol. The van der Waals surface area contributed by atoms with Crippen LogP contribution in [0.3, 0.4) is 0 Å². The molecule has 4 aromatic rings. The van der Waals surface area contributed by atoms with Crippen LogP contribution < -0.4 is 4.74 Å². The van der Waals surface area contributed by atoms with E-state index in [1.807, 2.05) is 42.6 Å². The second-order valence-corrected chi connectivity index (χ2v) is 9.39. The fourth-order valence-electron chi connectivity index (χ4n) is 5.09. The van der Waals surface area contributed by atoms with Crippen LogP contribution in [0, 0.1) is 0 Å². The molecule has 0 aliphatic carbocycles. The van der Waals surface area contributed by atoms with E-state index in [0.717, 1.165) is 33.3 Å². The topological polar surface area (TPSA) is 91.3 Å². The number of carbonyl (C=O) groups is 1. The van der Waals surface area contributed by atoms with Crippen molar-refractivity contribution in [3.05, 3.63) is 77.3 Å². The lowest BCUT2D eigenvalue weighted by Crippen LogP contribution is -2.49. The van der Waals surface area contributed by atoms with Crippen LogP contribution in [0.1, 0.15) is 24.0 Å². The Morgan fingerprint density at radius 2 is 2.03 bits per heavy atom. The van der Waals surface area contributed by atoms with Crippen molar-refractivity contribution in [3.8, 4) is 16.9 Å². The molecule has 172 valence electrons. The van der Waals surface area contributed by atoms with E-state index < -0.39 is 11.7 Å². The van der Waals surface area contributed by atoms with Gasteiger partial charge in [0, 0.05) is 71.4 Å². The van der Waals surface area contributed by atoms with Gasteiger partial charge in [0.25, 0.3) is 5.91 Å². The first-order valence-electron chi connectivity index (χ1n) is 11.3. The van der Waals surface area contributed by atoms with Gasteiger partial charge in [0.15, 0.2) is 6.10 Å². The van der Waals surface area contributed by atoms with Gasteiger partial charge < -0.3 is 19.7 Å². The van der Waals surface area contributed by atoms with Gasteiger partial charge >= 0.3 is 0 Å². The molecule has 34 heavy (non-hydrogen) atoms. The number of carbonyl (C=O) groups excluding carboxylic acids is 1. The van der Waals surface area contributed by atoms with Crippen LogP contribution in [0.5, 0.6) is 5.75 Å². The van der Waals surface area contributed by atoms with Crippen molar-refractivity contribution < 1.29 is 14.6 Å². The molecule has 1 atom stereocenters. The number of H-pyrrole nitrogens is 1. The fourth-order valence-corrected chi connectivity index (χ4v) is 5.33. The van der Waals surface area contributed by atoms with E-state index in [2.05, 4.69) is 15.0 Å². The molecule has 1 aromatic carbocycles. The molecule has 1 saturated heterocycles. The quantitative estimate of drug-likeness (QED) is 0.466. The number of nitrogens with zero attached hydrogens (tertiary/aromatic N) is 3. The number of benzene rings is 1. The van der Waals surface area contributed by atoms with E-state index in [-0.39, 0.29) is 5.91 Å². The van der Waals surface area contributed by atoms with Crippen LogP contribution in [-0.4, -0.2) is 50.1 Å². The Morgan fingerprint density at radius 1 is 1.18 bits per heavy atom. The Bertz CT molecular complexity index is 1380. The van der Waals surface area contributed by atoms with Crippen LogP contribution in [0.15, 0.2) is 61.2 Å². The highest BCUT2D eigenvalue weighted by atomic mass is 35.5. The summed E-state index contributed by atoms with van der Waals surface area (Å²) in [6.45, 7) is 0.921. The molecule has 2 aliphatic heterocycles. The summed E-state index contributed by atoms with van der Waals surface area (Å²) >= 11 is 6.46. The summed E-state index contributed by atoms with van der Waals surface area (Å²) in [7, 11) is 0. The molecule has 6 rings (SSSR count). The fraction of sp³-hybridized carbons (Fsp3) is 0.269. The van der Waals surface area contributed by atoms with Gasteiger partial charge in [0.05, 0.1) is 5.60 Å². The molecule has 2 N–H and O–H groups in total. The standard InChI is InChI=1S/C26H23ClN4O3/c27-18-12-16-13-22(25(32)31-10-5-26(33,6-11-31)17-2-1-7-28-15-17)34-23(16)21(14-18)19-3-8-29-24-20(19)4-9-30-24/h1-4,7-9,12,14-15,22,33H,5-6,10-11,13H2,(H,29,30)/t22-/m0/s1. The van der Waals surface area contributed by atoms with Gasteiger partial charge in [-0.2, -0.15) is 0 Å². The molecular formula is C26H23ClN4O3. The third-order valence-electron chi connectivity index (χ3n) is 6.92. The van der Waals surface area contributed by atoms with Crippen LogP contribution in [0.4, 0.5) is 0 Å². The van der Waals surface area contributed by atoms with Crippen LogP contribution in [0.2, 0.25) is 5.02 Å². The number of hydrogen-bond donors (Lipinski definition) is 2. The molecule has 0 unspecified atom stereocenters. The summed E-state index contributed by atoms with van der Waals surface area (Å²) in [6, 6.07) is 11.4. The number of likely N-dealkylation sites (tertiary alicyclic amines) is 1. The van der Waals surface area contributed by atoms with Crippen molar-refractivity contribution >= 4 is 28.5 Å². The first kappa shape index (κ1) is 21.1. The lowest BCUT2D eigenvalue weighted by molar-refractivity contribution is -0.142. The molecule has 5 heterocycles. The predicted molar refractivity (Wildman–Crippen MR) is 129 cm³/mol. The summed E-state index contributed by atoms with van der Waals surface area (Å²) in [5, 5.41) is 12.7. The van der Waals surface area contributed by atoms with Gasteiger partial charge in [0.2, 0.25) is 0 Å². The van der Waals surface area contributed by atoms with Gasteiger partial charge in [-0.3, -0.25) is 9.78 Å². The molecule has 0 spiro atoms. The van der Waals surface area contributed by atoms with Crippen LogP contribution in [-0.2, 0) is 16.8 Å². The lowest BCUT2D eigenvalue weighted by Gasteiger charge is -2.39. The second kappa shape index (κ2) is 8.11. The number of pyridine rings is 2. The van der Waals surface area contributed by atoms with Crippen molar-refractivity contribution in [2.75, 3.05) is 13.1 Å². The van der Waals surface area contributed by atoms with Gasteiger partial charge in [-0.15, -0.1) is 0 Å². The Hall–Kier alpha value is -3.42. The minimum Gasteiger partial charge on any atom is -0.479 e. The zero-order chi connectivity index (χ0) is 23.3. The third kappa shape index (κ3) is 3.52. The number of ether oxygens (including phenoxy) is 1. The van der Waals surface area contributed by atoms with E-state index in [1.165, 1.54) is 0 Å². The molecule has 2 aliphatic rings. The van der Waals surface area contributed by atoms with Crippen molar-refractivity contribution in [1.82, 2.24) is 19.9 Å². The number of aromatic nitrogens is 3. The molecule has 0 radical (unpaired) electrons. The van der Waals surface area contributed by atoms with Gasteiger partial charge in [-0.25, -0.2) is 4.98 Å². The van der Waals surface area contributed by atoms with Gasteiger partial charge in [-0.1, -0.05) is 17.7 Å². The lowest BCUT2D eigenvalue weighted by atomic mass is 9.85. The number of aromatic amines is 1. The first-order valence-corrected chi connectivity index (χ1v) is 11.7. The highest BCUT2D eigenvalue weighted by molar-refractivity contribution is 6.31.